The number of hydrogen-bond acceptors (Lipinski definition) is 3. The quantitative estimate of drug-likeness (QED) is 0.680. The van der Waals surface area contributed by atoms with Crippen LogP contribution in [0.4, 0.5) is 18.9 Å². The van der Waals surface area contributed by atoms with Crippen molar-refractivity contribution in [2.24, 2.45) is 7.05 Å². The maximum atomic E-state index is 12.9. The lowest BCUT2D eigenvalue weighted by Crippen LogP contribution is -2.15. The predicted molar refractivity (Wildman–Crippen MR) is 61.5 cm³/mol. The van der Waals surface area contributed by atoms with Gasteiger partial charge in [-0.15, -0.1) is 0 Å². The first-order valence-corrected chi connectivity index (χ1v) is 5.22. The second kappa shape index (κ2) is 4.22. The van der Waals surface area contributed by atoms with E-state index in [4.69, 9.17) is 5.11 Å². The van der Waals surface area contributed by atoms with E-state index in [1.807, 2.05) is 0 Å². The van der Waals surface area contributed by atoms with Crippen LogP contribution in [0.3, 0.4) is 0 Å². The van der Waals surface area contributed by atoms with E-state index < -0.39 is 34.0 Å². The molecule has 0 saturated heterocycles. The molecule has 106 valence electrons. The Hall–Kier alpha value is -2.58. The number of carbonyl (C=O) groups is 1. The Morgan fingerprint density at radius 1 is 1.40 bits per heavy atom. The molecule has 0 amide bonds. The number of nitro groups is 1. The number of aromatic carboxylic acids is 1. The highest BCUT2D eigenvalue weighted by molar-refractivity contribution is 6.05. The van der Waals surface area contributed by atoms with Crippen LogP contribution in [0.5, 0.6) is 0 Å². The van der Waals surface area contributed by atoms with Crippen LogP contribution < -0.4 is 0 Å². The Kier molecular flexibility index (Phi) is 2.92. The van der Waals surface area contributed by atoms with Gasteiger partial charge >= 0.3 is 12.1 Å². The van der Waals surface area contributed by atoms with Gasteiger partial charge < -0.3 is 9.67 Å². The van der Waals surface area contributed by atoms with Crippen molar-refractivity contribution in [2.45, 2.75) is 6.18 Å². The Morgan fingerprint density at radius 2 is 2.00 bits per heavy atom. The number of halogens is 3. The number of benzene rings is 1. The summed E-state index contributed by atoms with van der Waals surface area (Å²) < 4.78 is 39.4. The topological polar surface area (TPSA) is 85.4 Å². The number of alkyl halides is 3. The molecule has 2 rings (SSSR count). The number of aromatic nitrogens is 1. The molecule has 0 radical (unpaired) electrons. The average molecular weight is 288 g/mol. The molecule has 6 nitrogen and oxygen atoms in total. The first kappa shape index (κ1) is 13.8. The molecule has 2 aromatic rings. The highest BCUT2D eigenvalue weighted by atomic mass is 19.4. The number of carboxylic acids is 1. The lowest BCUT2D eigenvalue weighted by Gasteiger charge is -2.09. The minimum atomic E-state index is -4.88. The minimum Gasteiger partial charge on any atom is -0.478 e. The number of fused-ring (bicyclic) bond motifs is 1. The van der Waals surface area contributed by atoms with Gasteiger partial charge in [-0.05, 0) is 6.07 Å². The van der Waals surface area contributed by atoms with Gasteiger partial charge in [0, 0.05) is 24.6 Å². The summed E-state index contributed by atoms with van der Waals surface area (Å²) in [6.07, 6.45) is -4.88. The van der Waals surface area contributed by atoms with Crippen molar-refractivity contribution < 1.29 is 28.0 Å². The Bertz CT molecular complexity index is 733. The molecule has 0 aliphatic heterocycles. The standard InChI is InChI=1S/C11H7F3N2O4/c1-15-7-4-5(16(19)20)2-3-6(7)8(10(17)18)9(15)11(12,13)14/h2-4H,1H3,(H,17,18). The highest BCUT2D eigenvalue weighted by Gasteiger charge is 2.40. The molecule has 1 aromatic carbocycles. The molecule has 0 saturated carbocycles. The van der Waals surface area contributed by atoms with Gasteiger partial charge in [0.15, 0.2) is 0 Å². The van der Waals surface area contributed by atoms with E-state index in [-0.39, 0.29) is 10.9 Å². The SMILES string of the molecule is Cn1c(C(F)(F)F)c(C(=O)O)c2ccc([N+](=O)[O-])cc21. The molecule has 1 aromatic heterocycles. The number of nitrogens with zero attached hydrogens (tertiary/aromatic N) is 2. The van der Waals surface area contributed by atoms with Crippen molar-refractivity contribution in [3.8, 4) is 0 Å². The average Bonchev–Trinajstić information content (AvgIpc) is 2.62. The van der Waals surface area contributed by atoms with Crippen LogP contribution in [0.1, 0.15) is 16.1 Å². The zero-order valence-electron chi connectivity index (χ0n) is 9.93. The van der Waals surface area contributed by atoms with Crippen LogP contribution in [0.15, 0.2) is 18.2 Å². The molecule has 0 atom stereocenters. The largest absolute Gasteiger partial charge is 0.478 e. The summed E-state index contributed by atoms with van der Waals surface area (Å²) in [5.41, 5.74) is -2.84. The molecule has 0 spiro atoms. The summed E-state index contributed by atoms with van der Waals surface area (Å²) in [5, 5.41) is 19.4. The number of carboxylic acid groups (broad SMARTS) is 1. The fourth-order valence-corrected chi connectivity index (χ4v) is 2.09. The number of nitro benzene ring substituents is 1. The molecule has 0 aliphatic carbocycles. The lowest BCUT2D eigenvalue weighted by atomic mass is 10.1. The summed E-state index contributed by atoms with van der Waals surface area (Å²) in [7, 11) is 1.02. The number of hydrogen-bond donors (Lipinski definition) is 1. The molecule has 1 N–H and O–H groups in total. The van der Waals surface area contributed by atoms with E-state index in [0.29, 0.717) is 4.57 Å². The van der Waals surface area contributed by atoms with Crippen LogP contribution in [0, 0.1) is 10.1 Å². The maximum Gasteiger partial charge on any atom is 0.432 e. The third-order valence-electron chi connectivity index (χ3n) is 2.88. The highest BCUT2D eigenvalue weighted by Crippen LogP contribution is 2.38. The van der Waals surface area contributed by atoms with Gasteiger partial charge in [0.05, 0.1) is 16.0 Å². The molecule has 0 fully saturated rings. The van der Waals surface area contributed by atoms with Crippen LogP contribution in [0.25, 0.3) is 10.9 Å². The molecule has 1 heterocycles. The van der Waals surface area contributed by atoms with Crippen LogP contribution >= 0.6 is 0 Å². The van der Waals surface area contributed by atoms with Gasteiger partial charge in [-0.25, -0.2) is 4.79 Å². The van der Waals surface area contributed by atoms with Crippen LogP contribution in [-0.2, 0) is 13.2 Å². The third kappa shape index (κ3) is 1.96. The van der Waals surface area contributed by atoms with Gasteiger partial charge in [0.2, 0.25) is 0 Å². The third-order valence-corrected chi connectivity index (χ3v) is 2.88. The zero-order chi connectivity index (χ0) is 15.2. The van der Waals surface area contributed by atoms with Gasteiger partial charge in [0.25, 0.3) is 5.69 Å². The summed E-state index contributed by atoms with van der Waals surface area (Å²) in [4.78, 5) is 20.9. The zero-order valence-corrected chi connectivity index (χ0v) is 9.93. The number of aryl methyl sites for hydroxylation is 1. The van der Waals surface area contributed by atoms with E-state index >= 15 is 0 Å². The van der Waals surface area contributed by atoms with Crippen LogP contribution in [-0.4, -0.2) is 20.6 Å². The number of non-ortho nitro benzene ring substituents is 1. The van der Waals surface area contributed by atoms with Gasteiger partial charge in [-0.3, -0.25) is 10.1 Å². The van der Waals surface area contributed by atoms with Gasteiger partial charge in [0.1, 0.15) is 5.69 Å². The monoisotopic (exact) mass is 288 g/mol. The molecule has 0 bridgehead atoms. The molecule has 20 heavy (non-hydrogen) atoms. The lowest BCUT2D eigenvalue weighted by molar-refractivity contribution is -0.384. The Morgan fingerprint density at radius 3 is 2.45 bits per heavy atom. The maximum absolute atomic E-state index is 12.9. The molecular formula is C11H7F3N2O4. The normalized spacial score (nSPS) is 11.8. The van der Waals surface area contributed by atoms with Crippen molar-refractivity contribution >= 4 is 22.6 Å². The first-order valence-electron chi connectivity index (χ1n) is 5.22. The van der Waals surface area contributed by atoms with E-state index in [1.165, 1.54) is 0 Å². The molecular weight excluding hydrogens is 281 g/mol. The first-order chi connectivity index (χ1) is 9.14. The van der Waals surface area contributed by atoms with Crippen molar-refractivity contribution in [1.82, 2.24) is 4.57 Å². The minimum absolute atomic E-state index is 0.163. The Balaban J connectivity index is 2.93. The molecule has 0 aliphatic rings. The summed E-state index contributed by atoms with van der Waals surface area (Å²) in [6.45, 7) is 0. The second-order valence-electron chi connectivity index (χ2n) is 4.04. The fraction of sp³-hybridized carbons (Fsp3) is 0.182. The molecule has 0 unspecified atom stereocenters. The van der Waals surface area contributed by atoms with Crippen LogP contribution in [0.2, 0.25) is 0 Å². The summed E-state index contributed by atoms with van der Waals surface area (Å²) in [6, 6.07) is 2.89. The van der Waals surface area contributed by atoms with Crippen molar-refractivity contribution in [3.05, 3.63) is 39.6 Å². The smallest absolute Gasteiger partial charge is 0.432 e. The van der Waals surface area contributed by atoms with E-state index in [2.05, 4.69) is 0 Å². The fourth-order valence-electron chi connectivity index (χ4n) is 2.09. The second-order valence-corrected chi connectivity index (χ2v) is 4.04. The number of rotatable bonds is 2. The Labute approximate surface area is 109 Å². The van der Waals surface area contributed by atoms with E-state index in [0.717, 1.165) is 25.2 Å². The molecule has 9 heteroatoms. The van der Waals surface area contributed by atoms with E-state index in [1.54, 1.807) is 0 Å². The van der Waals surface area contributed by atoms with Crippen molar-refractivity contribution in [2.75, 3.05) is 0 Å². The van der Waals surface area contributed by atoms with Crippen molar-refractivity contribution in [3.63, 3.8) is 0 Å². The van der Waals surface area contributed by atoms with E-state index in [9.17, 15) is 28.1 Å². The summed E-state index contributed by atoms with van der Waals surface area (Å²) in [5.74, 6) is -1.74. The predicted octanol–water partition coefficient (Wildman–Crippen LogP) is 2.80. The van der Waals surface area contributed by atoms with Gasteiger partial charge in [-0.2, -0.15) is 13.2 Å². The van der Waals surface area contributed by atoms with Crippen molar-refractivity contribution in [1.29, 1.82) is 0 Å². The van der Waals surface area contributed by atoms with Gasteiger partial charge in [-0.1, -0.05) is 0 Å². The summed E-state index contributed by atoms with van der Waals surface area (Å²) >= 11 is 0.